The first-order chi connectivity index (χ1) is 12.5. The first-order valence-corrected chi connectivity index (χ1v) is 9.36. The molecule has 2 aliphatic heterocycles. The lowest BCUT2D eigenvalue weighted by molar-refractivity contribution is -0.147. The summed E-state index contributed by atoms with van der Waals surface area (Å²) >= 11 is 0. The maximum atomic E-state index is 12.7. The van der Waals surface area contributed by atoms with Gasteiger partial charge >= 0.3 is 0 Å². The van der Waals surface area contributed by atoms with Crippen LogP contribution in [-0.4, -0.2) is 60.0 Å². The van der Waals surface area contributed by atoms with E-state index in [0.29, 0.717) is 30.8 Å². The van der Waals surface area contributed by atoms with Gasteiger partial charge < -0.3 is 19.6 Å². The van der Waals surface area contributed by atoms with Crippen LogP contribution < -0.4 is 4.74 Å². The molecule has 1 N–H and O–H groups in total. The molecule has 3 rings (SSSR count). The van der Waals surface area contributed by atoms with Gasteiger partial charge in [0, 0.05) is 32.6 Å². The Labute approximate surface area is 154 Å². The Kier molecular flexibility index (Phi) is 5.51. The Balaban J connectivity index is 1.60. The van der Waals surface area contributed by atoms with Crippen LogP contribution in [0.3, 0.4) is 0 Å². The molecule has 2 saturated heterocycles. The summed E-state index contributed by atoms with van der Waals surface area (Å²) in [6.45, 7) is 4.83. The van der Waals surface area contributed by atoms with E-state index in [-0.39, 0.29) is 17.2 Å². The van der Waals surface area contributed by atoms with Gasteiger partial charge in [0.2, 0.25) is 5.91 Å². The second-order valence-electron chi connectivity index (χ2n) is 7.41. The number of ether oxygens (including phenoxy) is 1. The number of aliphatic hydroxyl groups excluding tert-OH is 1. The second kappa shape index (κ2) is 7.66. The highest BCUT2D eigenvalue weighted by atomic mass is 16.5. The molecule has 6 heteroatoms. The van der Waals surface area contributed by atoms with Crippen molar-refractivity contribution in [2.45, 2.75) is 38.7 Å². The van der Waals surface area contributed by atoms with Gasteiger partial charge in [-0.05, 0) is 49.3 Å². The van der Waals surface area contributed by atoms with Crippen LogP contribution >= 0.6 is 0 Å². The molecular weight excluding hydrogens is 332 g/mol. The molecular formula is C20H28N2O4. The van der Waals surface area contributed by atoms with Gasteiger partial charge in [-0.2, -0.15) is 0 Å². The zero-order valence-corrected chi connectivity index (χ0v) is 15.6. The van der Waals surface area contributed by atoms with Gasteiger partial charge in [-0.3, -0.25) is 9.59 Å². The molecule has 0 radical (unpaired) electrons. The lowest BCUT2D eigenvalue weighted by Gasteiger charge is -2.47. The molecule has 0 unspecified atom stereocenters. The molecule has 0 bridgehead atoms. The van der Waals surface area contributed by atoms with Crippen LogP contribution in [0.4, 0.5) is 0 Å². The van der Waals surface area contributed by atoms with Gasteiger partial charge in [0.15, 0.2) is 6.10 Å². The summed E-state index contributed by atoms with van der Waals surface area (Å²) in [5, 5.41) is 10.4. The predicted octanol–water partition coefficient (Wildman–Crippen LogP) is 1.98. The van der Waals surface area contributed by atoms with E-state index in [9.17, 15) is 14.7 Å². The van der Waals surface area contributed by atoms with Crippen LogP contribution in [0, 0.1) is 5.41 Å². The molecule has 1 aromatic carbocycles. The summed E-state index contributed by atoms with van der Waals surface area (Å²) in [5.41, 5.74) is 0.711. The summed E-state index contributed by atoms with van der Waals surface area (Å²) in [4.78, 5) is 28.3. The Hall–Kier alpha value is -2.08. The lowest BCUT2D eigenvalue weighted by Crippen LogP contribution is -2.52. The van der Waals surface area contributed by atoms with E-state index in [0.717, 1.165) is 32.4 Å². The van der Waals surface area contributed by atoms with Crippen LogP contribution in [0.5, 0.6) is 5.75 Å². The minimum atomic E-state index is -1.14. The third-order valence-corrected chi connectivity index (χ3v) is 5.93. The first-order valence-electron chi connectivity index (χ1n) is 9.36. The third kappa shape index (κ3) is 3.70. The van der Waals surface area contributed by atoms with E-state index in [1.807, 2.05) is 11.8 Å². The number of carbonyl (C=O) groups excluding carboxylic acids is 2. The number of nitrogens with zero attached hydrogens (tertiary/aromatic N) is 2. The highest BCUT2D eigenvalue weighted by Crippen LogP contribution is 2.40. The molecule has 1 aromatic rings. The van der Waals surface area contributed by atoms with Crippen molar-refractivity contribution in [3.8, 4) is 5.75 Å². The SMILES string of the molecule is CCN1CC2(CCC1=O)CCN(C(=O)[C@H](O)c1ccc(OC)cc1)CC2. The van der Waals surface area contributed by atoms with E-state index in [1.165, 1.54) is 0 Å². The molecule has 0 aliphatic carbocycles. The highest BCUT2D eigenvalue weighted by molar-refractivity contribution is 5.82. The topological polar surface area (TPSA) is 70.1 Å². The van der Waals surface area contributed by atoms with Crippen LogP contribution in [-0.2, 0) is 9.59 Å². The largest absolute Gasteiger partial charge is 0.497 e. The highest BCUT2D eigenvalue weighted by Gasteiger charge is 2.41. The van der Waals surface area contributed by atoms with Crippen molar-refractivity contribution < 1.29 is 19.4 Å². The first kappa shape index (κ1) is 18.7. The zero-order chi connectivity index (χ0) is 18.7. The van der Waals surface area contributed by atoms with Crippen molar-refractivity contribution in [2.75, 3.05) is 33.3 Å². The maximum Gasteiger partial charge on any atom is 0.256 e. The Morgan fingerprint density at radius 2 is 1.88 bits per heavy atom. The molecule has 2 aliphatic rings. The summed E-state index contributed by atoms with van der Waals surface area (Å²) in [7, 11) is 1.58. The number of aliphatic hydroxyl groups is 1. The Morgan fingerprint density at radius 3 is 2.46 bits per heavy atom. The molecule has 0 saturated carbocycles. The fourth-order valence-corrected chi connectivity index (χ4v) is 4.10. The summed E-state index contributed by atoms with van der Waals surface area (Å²) in [5.74, 6) is 0.691. The molecule has 6 nitrogen and oxygen atoms in total. The number of hydrogen-bond donors (Lipinski definition) is 1. The van der Waals surface area contributed by atoms with E-state index in [4.69, 9.17) is 4.74 Å². The number of carbonyl (C=O) groups is 2. The number of likely N-dealkylation sites (tertiary alicyclic amines) is 2. The van der Waals surface area contributed by atoms with Crippen LogP contribution in [0.25, 0.3) is 0 Å². The quantitative estimate of drug-likeness (QED) is 0.891. The molecule has 26 heavy (non-hydrogen) atoms. The molecule has 2 fully saturated rings. The van der Waals surface area contributed by atoms with Gasteiger partial charge in [0.05, 0.1) is 7.11 Å². The van der Waals surface area contributed by atoms with E-state index in [2.05, 4.69) is 0 Å². The van der Waals surface area contributed by atoms with Gasteiger partial charge in [0.1, 0.15) is 5.75 Å². The van der Waals surface area contributed by atoms with Gasteiger partial charge in [0.25, 0.3) is 5.91 Å². The average Bonchev–Trinajstić information content (AvgIpc) is 2.69. The Bertz CT molecular complexity index is 650. The monoisotopic (exact) mass is 360 g/mol. The van der Waals surface area contributed by atoms with Gasteiger partial charge in [-0.1, -0.05) is 12.1 Å². The summed E-state index contributed by atoms with van der Waals surface area (Å²) in [6.07, 6.45) is 2.15. The van der Waals surface area contributed by atoms with Crippen molar-refractivity contribution in [3.05, 3.63) is 29.8 Å². The van der Waals surface area contributed by atoms with E-state index >= 15 is 0 Å². The number of benzene rings is 1. The number of piperidine rings is 2. The average molecular weight is 360 g/mol. The van der Waals surface area contributed by atoms with Crippen molar-refractivity contribution in [1.82, 2.24) is 9.80 Å². The molecule has 1 atom stereocenters. The van der Waals surface area contributed by atoms with Gasteiger partial charge in [-0.25, -0.2) is 0 Å². The lowest BCUT2D eigenvalue weighted by atomic mass is 9.72. The minimum absolute atomic E-state index is 0.131. The minimum Gasteiger partial charge on any atom is -0.497 e. The third-order valence-electron chi connectivity index (χ3n) is 5.93. The zero-order valence-electron chi connectivity index (χ0n) is 15.6. The van der Waals surface area contributed by atoms with Crippen molar-refractivity contribution >= 4 is 11.8 Å². The molecule has 142 valence electrons. The van der Waals surface area contributed by atoms with E-state index < -0.39 is 6.10 Å². The molecule has 2 amide bonds. The predicted molar refractivity (Wildman–Crippen MR) is 97.7 cm³/mol. The van der Waals surface area contributed by atoms with Crippen LogP contribution in [0.1, 0.15) is 44.3 Å². The number of rotatable bonds is 4. The fraction of sp³-hybridized carbons (Fsp3) is 0.600. The normalized spacial score (nSPS) is 21.0. The van der Waals surface area contributed by atoms with E-state index in [1.54, 1.807) is 36.3 Å². The number of hydrogen-bond acceptors (Lipinski definition) is 4. The fourth-order valence-electron chi connectivity index (χ4n) is 4.10. The Morgan fingerprint density at radius 1 is 1.23 bits per heavy atom. The molecule has 2 heterocycles. The number of amides is 2. The van der Waals surface area contributed by atoms with Crippen molar-refractivity contribution in [1.29, 1.82) is 0 Å². The van der Waals surface area contributed by atoms with Crippen molar-refractivity contribution in [3.63, 3.8) is 0 Å². The molecule has 1 spiro atoms. The summed E-state index contributed by atoms with van der Waals surface area (Å²) in [6, 6.07) is 6.93. The maximum absolute atomic E-state index is 12.7. The molecule has 0 aromatic heterocycles. The standard InChI is InChI=1S/C20H28N2O4/c1-3-21-14-20(9-8-17(21)23)10-12-22(13-11-20)19(25)18(24)15-4-6-16(26-2)7-5-15/h4-7,18,24H,3,8-14H2,1-2H3/t18-/m1/s1. The summed E-state index contributed by atoms with van der Waals surface area (Å²) < 4.78 is 5.11. The smallest absolute Gasteiger partial charge is 0.256 e. The van der Waals surface area contributed by atoms with Crippen LogP contribution in [0.15, 0.2) is 24.3 Å². The number of methoxy groups -OCH3 is 1. The van der Waals surface area contributed by atoms with Crippen LogP contribution in [0.2, 0.25) is 0 Å². The van der Waals surface area contributed by atoms with Gasteiger partial charge in [-0.15, -0.1) is 0 Å². The second-order valence-corrected chi connectivity index (χ2v) is 7.41. The van der Waals surface area contributed by atoms with Crippen molar-refractivity contribution in [2.24, 2.45) is 5.41 Å².